The number of hydrogen-bond acceptors (Lipinski definition) is 10. The highest BCUT2D eigenvalue weighted by molar-refractivity contribution is 7.17. The number of benzene rings is 1. The van der Waals surface area contributed by atoms with Crippen LogP contribution in [-0.4, -0.2) is 62.4 Å². The lowest BCUT2D eigenvalue weighted by molar-refractivity contribution is -0.380. The minimum absolute atomic E-state index is 0.138. The minimum Gasteiger partial charge on any atom is -0.383 e. The van der Waals surface area contributed by atoms with Gasteiger partial charge in [-0.2, -0.15) is 5.10 Å². The van der Waals surface area contributed by atoms with Gasteiger partial charge in [-0.3, -0.25) is 14.9 Å². The number of nitrogens with one attached hydrogen (secondary N) is 1. The first-order valence-corrected chi connectivity index (χ1v) is 13.0. The number of halogens is 1. The van der Waals surface area contributed by atoms with Crippen LogP contribution in [0.15, 0.2) is 60.9 Å². The van der Waals surface area contributed by atoms with Gasteiger partial charge in [0.15, 0.2) is 11.5 Å². The van der Waals surface area contributed by atoms with Crippen LogP contribution in [0.5, 0.6) is 0 Å². The molecule has 0 unspecified atom stereocenters. The predicted molar refractivity (Wildman–Crippen MR) is 149 cm³/mol. The third-order valence-electron chi connectivity index (χ3n) is 5.99. The topological polar surface area (TPSA) is 141 Å². The molecular formula is C26H23FN8O4S. The van der Waals surface area contributed by atoms with Crippen molar-refractivity contribution in [1.29, 1.82) is 0 Å². The van der Waals surface area contributed by atoms with Crippen molar-refractivity contribution in [1.82, 2.24) is 24.7 Å². The summed E-state index contributed by atoms with van der Waals surface area (Å²) in [6.45, 7) is 3.98. The molecule has 0 aliphatic heterocycles. The molecule has 40 heavy (non-hydrogen) atoms. The van der Waals surface area contributed by atoms with Gasteiger partial charge in [-0.15, -0.1) is 0 Å². The molecule has 5 rings (SSSR count). The predicted octanol–water partition coefficient (Wildman–Crippen LogP) is 4.71. The Morgan fingerprint density at radius 2 is 2.05 bits per heavy atom. The molecule has 204 valence electrons. The summed E-state index contributed by atoms with van der Waals surface area (Å²) in [7, 11) is 1.64. The van der Waals surface area contributed by atoms with Crippen LogP contribution in [-0.2, 0) is 4.74 Å². The number of carbonyl (C=O) groups excluding carboxylic acids is 1. The second kappa shape index (κ2) is 11.5. The van der Waals surface area contributed by atoms with Crippen LogP contribution in [0.3, 0.4) is 0 Å². The molecule has 4 heterocycles. The van der Waals surface area contributed by atoms with Crippen molar-refractivity contribution < 1.29 is 18.8 Å². The molecule has 0 bridgehead atoms. The smallest absolute Gasteiger partial charge is 0.324 e. The monoisotopic (exact) mass is 562 g/mol. The van der Waals surface area contributed by atoms with Crippen LogP contribution in [0.25, 0.3) is 28.1 Å². The Labute approximate surface area is 231 Å². The lowest BCUT2D eigenvalue weighted by Gasteiger charge is -2.21. The fourth-order valence-corrected chi connectivity index (χ4v) is 4.70. The van der Waals surface area contributed by atoms with E-state index in [1.54, 1.807) is 25.4 Å². The molecule has 0 radical (unpaired) electrons. The Bertz CT molecular complexity index is 1690. The number of methoxy groups -OCH3 is 1. The number of pyridine rings is 1. The SMILES string of the molecule is CCN(CCOC)c1ccc(-c2nc(NC(=O)c3ccc([N+](=O)[O-])s3)c3cnn(-c4cccc(F)c4)c3n2)cn1. The molecule has 1 amide bonds. The van der Waals surface area contributed by atoms with E-state index in [1.807, 2.05) is 19.1 Å². The van der Waals surface area contributed by atoms with Crippen molar-refractivity contribution in [3.05, 3.63) is 81.7 Å². The Morgan fingerprint density at radius 3 is 2.73 bits per heavy atom. The van der Waals surface area contributed by atoms with Crippen molar-refractivity contribution in [3.8, 4) is 17.1 Å². The van der Waals surface area contributed by atoms with Gasteiger partial charge < -0.3 is 15.0 Å². The molecular weight excluding hydrogens is 539 g/mol. The van der Waals surface area contributed by atoms with Crippen LogP contribution >= 0.6 is 11.3 Å². The Hall–Kier alpha value is -4.82. The lowest BCUT2D eigenvalue weighted by Crippen LogP contribution is -2.27. The number of hydrogen-bond donors (Lipinski definition) is 1. The quantitative estimate of drug-likeness (QED) is 0.189. The van der Waals surface area contributed by atoms with E-state index in [4.69, 9.17) is 4.74 Å². The molecule has 0 aliphatic carbocycles. The summed E-state index contributed by atoms with van der Waals surface area (Å²) in [6.07, 6.45) is 3.09. The van der Waals surface area contributed by atoms with Gasteiger partial charge in [0, 0.05) is 38.0 Å². The molecule has 4 aromatic heterocycles. The van der Waals surface area contributed by atoms with Gasteiger partial charge in [0.1, 0.15) is 17.5 Å². The number of nitrogens with zero attached hydrogens (tertiary/aromatic N) is 7. The van der Waals surface area contributed by atoms with Crippen molar-refractivity contribution in [2.75, 3.05) is 37.0 Å². The van der Waals surface area contributed by atoms with Crippen LogP contribution in [0.1, 0.15) is 16.6 Å². The van der Waals surface area contributed by atoms with Gasteiger partial charge in [0.25, 0.3) is 5.91 Å². The first-order valence-electron chi connectivity index (χ1n) is 12.2. The van der Waals surface area contributed by atoms with Crippen molar-refractivity contribution in [2.45, 2.75) is 6.92 Å². The molecule has 0 atom stereocenters. The summed E-state index contributed by atoms with van der Waals surface area (Å²) < 4.78 is 20.6. The molecule has 1 N–H and O–H groups in total. The number of aromatic nitrogens is 5. The number of rotatable bonds is 10. The average molecular weight is 563 g/mol. The lowest BCUT2D eigenvalue weighted by atomic mass is 10.2. The maximum absolute atomic E-state index is 14.0. The van der Waals surface area contributed by atoms with E-state index < -0.39 is 16.6 Å². The maximum Gasteiger partial charge on any atom is 0.324 e. The Morgan fingerprint density at radius 1 is 1.20 bits per heavy atom. The molecule has 0 fully saturated rings. The third-order valence-corrected chi connectivity index (χ3v) is 7.02. The molecule has 0 spiro atoms. The van der Waals surface area contributed by atoms with E-state index in [0.29, 0.717) is 35.4 Å². The molecule has 0 aliphatic rings. The zero-order valence-corrected chi connectivity index (χ0v) is 22.3. The Kier molecular flexibility index (Phi) is 7.70. The normalized spacial score (nSPS) is 11.1. The summed E-state index contributed by atoms with van der Waals surface area (Å²) in [6, 6.07) is 12.2. The fraction of sp³-hybridized carbons (Fsp3) is 0.192. The number of fused-ring (bicyclic) bond motifs is 1. The molecule has 12 nitrogen and oxygen atoms in total. The van der Waals surface area contributed by atoms with E-state index in [-0.39, 0.29) is 21.5 Å². The van der Waals surface area contributed by atoms with Gasteiger partial charge in [-0.05, 0) is 43.3 Å². The number of ether oxygens (including phenoxy) is 1. The second-order valence-corrected chi connectivity index (χ2v) is 9.56. The largest absolute Gasteiger partial charge is 0.383 e. The highest BCUT2D eigenvalue weighted by Crippen LogP contribution is 2.29. The van der Waals surface area contributed by atoms with Crippen LogP contribution in [0, 0.1) is 15.9 Å². The van der Waals surface area contributed by atoms with Gasteiger partial charge >= 0.3 is 5.00 Å². The average Bonchev–Trinajstić information content (AvgIpc) is 3.62. The van der Waals surface area contributed by atoms with Crippen LogP contribution in [0.4, 0.5) is 21.0 Å². The highest BCUT2D eigenvalue weighted by atomic mass is 32.1. The maximum atomic E-state index is 14.0. The molecule has 5 aromatic rings. The van der Waals surface area contributed by atoms with Crippen molar-refractivity contribution in [3.63, 3.8) is 0 Å². The van der Waals surface area contributed by atoms with E-state index in [1.165, 1.54) is 35.1 Å². The number of anilines is 2. The third kappa shape index (κ3) is 5.48. The first-order chi connectivity index (χ1) is 19.4. The van der Waals surface area contributed by atoms with E-state index >= 15 is 0 Å². The van der Waals surface area contributed by atoms with Crippen molar-refractivity contribution >= 4 is 44.9 Å². The molecule has 1 aromatic carbocycles. The molecule has 0 saturated heterocycles. The summed E-state index contributed by atoms with van der Waals surface area (Å²) in [5, 5.41) is 18.4. The van der Waals surface area contributed by atoms with Gasteiger partial charge in [-0.1, -0.05) is 17.4 Å². The zero-order chi connectivity index (χ0) is 28.2. The van der Waals surface area contributed by atoms with E-state index in [0.717, 1.165) is 23.7 Å². The van der Waals surface area contributed by atoms with E-state index in [2.05, 4.69) is 30.3 Å². The number of amides is 1. The number of carbonyl (C=O) groups is 1. The van der Waals surface area contributed by atoms with Gasteiger partial charge in [0.2, 0.25) is 0 Å². The minimum atomic E-state index is -0.576. The van der Waals surface area contributed by atoms with Gasteiger partial charge in [-0.25, -0.2) is 24.0 Å². The zero-order valence-electron chi connectivity index (χ0n) is 21.4. The highest BCUT2D eigenvalue weighted by Gasteiger charge is 2.20. The Balaban J connectivity index is 1.57. The second-order valence-electron chi connectivity index (χ2n) is 8.50. The molecule has 0 saturated carbocycles. The summed E-state index contributed by atoms with van der Waals surface area (Å²) >= 11 is 0.749. The fourth-order valence-electron chi connectivity index (χ4n) is 3.99. The summed E-state index contributed by atoms with van der Waals surface area (Å²) in [5.41, 5.74) is 1.32. The first kappa shape index (κ1) is 26.8. The van der Waals surface area contributed by atoms with Crippen LogP contribution < -0.4 is 10.2 Å². The van der Waals surface area contributed by atoms with E-state index in [9.17, 15) is 19.3 Å². The standard InChI is InChI=1S/C26H23FN8O4S/c1-3-33(11-12-39-2)21-9-7-16(14-28-21)23-30-24(32-26(36)20-8-10-22(40-20)35(37)38)19-15-29-34(25(19)31-23)18-6-4-5-17(27)13-18/h4-10,13-15H,3,11-12H2,1-2H3,(H,30,31,32,36). The summed E-state index contributed by atoms with van der Waals surface area (Å²) in [5.74, 6) is 0.118. The molecule has 14 heteroatoms. The van der Waals surface area contributed by atoms with Crippen LogP contribution in [0.2, 0.25) is 0 Å². The van der Waals surface area contributed by atoms with Crippen molar-refractivity contribution in [2.24, 2.45) is 0 Å². The number of thiophene rings is 1. The summed E-state index contributed by atoms with van der Waals surface area (Å²) in [4.78, 5) is 39.6. The number of likely N-dealkylation sites (N-methyl/N-ethyl adjacent to an activating group) is 1. The van der Waals surface area contributed by atoms with Gasteiger partial charge in [0.05, 0.1) is 33.7 Å². The number of nitro groups is 1.